The third kappa shape index (κ3) is 6.66. The predicted molar refractivity (Wildman–Crippen MR) is 99.6 cm³/mol. The summed E-state index contributed by atoms with van der Waals surface area (Å²) in [6, 6.07) is 3.98. The number of carbonyl (C=O) groups is 3. The van der Waals surface area contributed by atoms with E-state index in [0.717, 1.165) is 11.1 Å². The average molecular weight is 367 g/mol. The van der Waals surface area contributed by atoms with Gasteiger partial charge in [0.05, 0.1) is 0 Å². The minimum Gasteiger partial charge on any atom is -0.451 e. The van der Waals surface area contributed by atoms with Crippen LogP contribution in [0.4, 0.5) is 10.5 Å². The van der Waals surface area contributed by atoms with Gasteiger partial charge in [0.25, 0.3) is 5.91 Å². The van der Waals surface area contributed by atoms with E-state index < -0.39 is 30.1 Å². The molecule has 3 amide bonds. The van der Waals surface area contributed by atoms with Crippen LogP contribution in [0, 0.1) is 13.8 Å². The van der Waals surface area contributed by atoms with Crippen LogP contribution in [0.15, 0.2) is 18.2 Å². The lowest BCUT2D eigenvalue weighted by molar-refractivity contribution is -0.155. The number of anilines is 1. The summed E-state index contributed by atoms with van der Waals surface area (Å²) in [4.78, 5) is 35.5. The molecule has 0 unspecified atom stereocenters. The number of esters is 1. The normalized spacial score (nSPS) is 12.8. The molecule has 0 saturated heterocycles. The molecule has 0 spiro atoms. The summed E-state index contributed by atoms with van der Waals surface area (Å²) >= 11 is 1.53. The van der Waals surface area contributed by atoms with Crippen molar-refractivity contribution in [2.45, 2.75) is 39.3 Å². The van der Waals surface area contributed by atoms with E-state index in [-0.39, 0.29) is 0 Å². The quantitative estimate of drug-likeness (QED) is 0.608. The number of benzene rings is 1. The summed E-state index contributed by atoms with van der Waals surface area (Å²) in [7, 11) is 0. The van der Waals surface area contributed by atoms with Crippen LogP contribution >= 0.6 is 11.8 Å². The monoisotopic (exact) mass is 367 g/mol. The van der Waals surface area contributed by atoms with Gasteiger partial charge in [-0.25, -0.2) is 9.59 Å². The number of primary amides is 1. The van der Waals surface area contributed by atoms with Crippen LogP contribution in [0.1, 0.15) is 24.5 Å². The average Bonchev–Trinajstić information content (AvgIpc) is 2.54. The molecule has 0 aliphatic carbocycles. The van der Waals surface area contributed by atoms with Gasteiger partial charge in [0.15, 0.2) is 6.10 Å². The van der Waals surface area contributed by atoms with E-state index in [1.54, 1.807) is 0 Å². The molecule has 1 aromatic rings. The summed E-state index contributed by atoms with van der Waals surface area (Å²) in [5.74, 6) is -0.478. The Morgan fingerprint density at radius 2 is 1.84 bits per heavy atom. The van der Waals surface area contributed by atoms with Crippen molar-refractivity contribution in [1.82, 2.24) is 5.32 Å². The van der Waals surface area contributed by atoms with Crippen LogP contribution in [-0.4, -0.2) is 42.1 Å². The van der Waals surface area contributed by atoms with E-state index >= 15 is 0 Å². The largest absolute Gasteiger partial charge is 0.451 e. The fourth-order valence-electron chi connectivity index (χ4n) is 2.20. The van der Waals surface area contributed by atoms with Gasteiger partial charge in [-0.05, 0) is 50.3 Å². The van der Waals surface area contributed by atoms with Crippen molar-refractivity contribution in [3.05, 3.63) is 29.3 Å². The Morgan fingerprint density at radius 3 is 2.36 bits per heavy atom. The number of ether oxygens (including phenoxy) is 1. The van der Waals surface area contributed by atoms with Gasteiger partial charge >= 0.3 is 12.0 Å². The van der Waals surface area contributed by atoms with Crippen molar-refractivity contribution in [2.24, 2.45) is 5.73 Å². The lowest BCUT2D eigenvalue weighted by Crippen LogP contribution is -2.46. The zero-order valence-electron chi connectivity index (χ0n) is 14.9. The number of aryl methyl sites for hydroxylation is 2. The van der Waals surface area contributed by atoms with Crippen molar-refractivity contribution < 1.29 is 19.1 Å². The second-order valence-electron chi connectivity index (χ2n) is 5.68. The van der Waals surface area contributed by atoms with Gasteiger partial charge in [0.1, 0.15) is 6.04 Å². The maximum absolute atomic E-state index is 12.3. The molecule has 0 aromatic heterocycles. The maximum atomic E-state index is 12.3. The number of nitrogens with two attached hydrogens (primary N) is 1. The SMILES string of the molecule is CSCC[C@H](NC(N)=O)C(=O)O[C@@H](C)C(=O)Nc1c(C)cccc1C. The van der Waals surface area contributed by atoms with Gasteiger partial charge in [-0.2, -0.15) is 11.8 Å². The molecule has 0 saturated carbocycles. The molecule has 8 heteroatoms. The summed E-state index contributed by atoms with van der Waals surface area (Å²) in [5, 5.41) is 5.12. The highest BCUT2D eigenvalue weighted by atomic mass is 32.2. The highest BCUT2D eigenvalue weighted by Gasteiger charge is 2.26. The maximum Gasteiger partial charge on any atom is 0.329 e. The molecular formula is C17H25N3O4S. The highest BCUT2D eigenvalue weighted by molar-refractivity contribution is 7.98. The zero-order chi connectivity index (χ0) is 19.0. The summed E-state index contributed by atoms with van der Waals surface area (Å²) < 4.78 is 5.19. The van der Waals surface area contributed by atoms with Gasteiger partial charge < -0.3 is 21.1 Å². The molecule has 0 heterocycles. The topological polar surface area (TPSA) is 111 Å². The fourth-order valence-corrected chi connectivity index (χ4v) is 2.67. The third-order valence-electron chi connectivity index (χ3n) is 3.60. The van der Waals surface area contributed by atoms with Gasteiger partial charge in [-0.1, -0.05) is 18.2 Å². The van der Waals surface area contributed by atoms with Gasteiger partial charge in [0, 0.05) is 5.69 Å². The van der Waals surface area contributed by atoms with E-state index in [0.29, 0.717) is 17.9 Å². The minimum atomic E-state index is -1.00. The Bertz CT molecular complexity index is 616. The standard InChI is InChI=1S/C17H25N3O4S/c1-10-6-5-7-11(2)14(10)20-15(21)12(3)24-16(22)13(8-9-25-4)19-17(18)23/h5-7,12-13H,8-9H2,1-4H3,(H,20,21)(H3,18,19,23)/t12-,13-/m0/s1. The van der Waals surface area contributed by atoms with E-state index in [9.17, 15) is 14.4 Å². The van der Waals surface area contributed by atoms with Crippen LogP contribution in [0.5, 0.6) is 0 Å². The molecule has 1 rings (SSSR count). The van der Waals surface area contributed by atoms with Crippen molar-refractivity contribution >= 4 is 35.4 Å². The number of thioether (sulfide) groups is 1. The molecule has 138 valence electrons. The number of urea groups is 1. The molecule has 2 atom stereocenters. The molecule has 0 aliphatic rings. The Labute approximate surface area is 152 Å². The van der Waals surface area contributed by atoms with Crippen molar-refractivity contribution in [3.8, 4) is 0 Å². The molecule has 7 nitrogen and oxygen atoms in total. The number of hydrogen-bond acceptors (Lipinski definition) is 5. The zero-order valence-corrected chi connectivity index (χ0v) is 15.7. The molecular weight excluding hydrogens is 342 g/mol. The Hall–Kier alpha value is -2.22. The van der Waals surface area contributed by atoms with Crippen molar-refractivity contribution in [1.29, 1.82) is 0 Å². The van der Waals surface area contributed by atoms with Crippen LogP contribution in [-0.2, 0) is 14.3 Å². The molecule has 0 radical (unpaired) electrons. The number of hydrogen-bond donors (Lipinski definition) is 3. The first-order valence-corrected chi connectivity index (χ1v) is 9.28. The second-order valence-corrected chi connectivity index (χ2v) is 6.66. The lowest BCUT2D eigenvalue weighted by atomic mass is 10.1. The summed E-state index contributed by atoms with van der Waals surface area (Å²) in [6.45, 7) is 5.25. The predicted octanol–water partition coefficient (Wildman–Crippen LogP) is 1.96. The minimum absolute atomic E-state index is 0.369. The molecule has 0 bridgehead atoms. The Balaban J connectivity index is 2.71. The number of nitrogens with one attached hydrogen (secondary N) is 2. The van der Waals surface area contributed by atoms with E-state index in [2.05, 4.69) is 10.6 Å². The Morgan fingerprint density at radius 1 is 1.24 bits per heavy atom. The number of amides is 3. The highest BCUT2D eigenvalue weighted by Crippen LogP contribution is 2.19. The van der Waals surface area contributed by atoms with E-state index in [1.165, 1.54) is 18.7 Å². The van der Waals surface area contributed by atoms with Gasteiger partial charge in [0.2, 0.25) is 0 Å². The lowest BCUT2D eigenvalue weighted by Gasteiger charge is -2.20. The number of carbonyl (C=O) groups excluding carboxylic acids is 3. The van der Waals surface area contributed by atoms with Gasteiger partial charge in [-0.15, -0.1) is 0 Å². The van der Waals surface area contributed by atoms with E-state index in [4.69, 9.17) is 10.5 Å². The fraction of sp³-hybridized carbons (Fsp3) is 0.471. The molecule has 0 fully saturated rings. The molecule has 4 N–H and O–H groups in total. The summed E-state index contributed by atoms with van der Waals surface area (Å²) in [5.41, 5.74) is 7.62. The third-order valence-corrected chi connectivity index (χ3v) is 4.25. The second kappa shape index (κ2) is 9.93. The summed E-state index contributed by atoms with van der Waals surface area (Å²) in [6.07, 6.45) is 1.25. The van der Waals surface area contributed by atoms with Gasteiger partial charge in [-0.3, -0.25) is 4.79 Å². The van der Waals surface area contributed by atoms with Crippen LogP contribution in [0.25, 0.3) is 0 Å². The number of para-hydroxylation sites is 1. The smallest absolute Gasteiger partial charge is 0.329 e. The Kier molecular flexibility index (Phi) is 8.27. The first kappa shape index (κ1) is 20.8. The van der Waals surface area contributed by atoms with Crippen molar-refractivity contribution in [3.63, 3.8) is 0 Å². The molecule has 0 aliphatic heterocycles. The molecule has 1 aromatic carbocycles. The van der Waals surface area contributed by atoms with Crippen molar-refractivity contribution in [2.75, 3.05) is 17.3 Å². The molecule has 25 heavy (non-hydrogen) atoms. The number of rotatable bonds is 8. The first-order chi connectivity index (χ1) is 11.8. The first-order valence-electron chi connectivity index (χ1n) is 7.88. The van der Waals surface area contributed by atoms with E-state index in [1.807, 2.05) is 38.3 Å². The van der Waals surface area contributed by atoms with Crippen LogP contribution in [0.3, 0.4) is 0 Å². The van der Waals surface area contributed by atoms with Crippen LogP contribution < -0.4 is 16.4 Å². The van der Waals surface area contributed by atoms with Crippen LogP contribution in [0.2, 0.25) is 0 Å².